The molecule has 2 aromatic heterocycles. The lowest BCUT2D eigenvalue weighted by molar-refractivity contribution is -0.128. The number of carbonyl (C=O) groups is 1. The fourth-order valence-electron chi connectivity index (χ4n) is 2.91. The minimum atomic E-state index is -0.559. The number of amides is 1. The number of likely N-dealkylation sites (tertiary alicyclic amines) is 1. The van der Waals surface area contributed by atoms with Crippen LogP contribution in [0.4, 0.5) is 0 Å². The molecule has 3 heterocycles. The summed E-state index contributed by atoms with van der Waals surface area (Å²) in [6.07, 6.45) is 4.91. The topological polar surface area (TPSA) is 81.3 Å². The van der Waals surface area contributed by atoms with Crippen LogP contribution in [0.3, 0.4) is 0 Å². The second kappa shape index (κ2) is 6.53. The van der Waals surface area contributed by atoms with E-state index in [1.54, 1.807) is 18.5 Å². The quantitative estimate of drug-likeness (QED) is 0.839. The number of nitrogens with two attached hydrogens (primary N) is 1. The Balaban J connectivity index is 1.85. The van der Waals surface area contributed by atoms with Gasteiger partial charge in [0.1, 0.15) is 11.8 Å². The van der Waals surface area contributed by atoms with Crippen molar-refractivity contribution >= 4 is 28.3 Å². The first-order valence-electron chi connectivity index (χ1n) is 8.00. The first-order chi connectivity index (χ1) is 11.4. The zero-order chi connectivity index (χ0) is 17.3. The number of rotatable bonds is 5. The number of hydrogen-bond donors (Lipinski definition) is 1. The first-order valence-corrected chi connectivity index (χ1v) is 8.38. The van der Waals surface area contributed by atoms with E-state index in [1.165, 1.54) is 0 Å². The van der Waals surface area contributed by atoms with Gasteiger partial charge in [-0.1, -0.05) is 11.6 Å². The van der Waals surface area contributed by atoms with Crippen molar-refractivity contribution in [3.8, 4) is 5.88 Å². The molecule has 2 aromatic rings. The standard InChI is InChI=1S/C17H21ClN4O2/c1-17(2,19)13-10-21-16(12-9-20-14(18)8-11(12)13)24-7-6-22-5-3-4-15(22)23/h8-10H,3-7,19H2,1-2H3. The summed E-state index contributed by atoms with van der Waals surface area (Å²) >= 11 is 6.04. The van der Waals surface area contributed by atoms with Crippen molar-refractivity contribution in [2.45, 2.75) is 32.2 Å². The molecule has 1 aliphatic heterocycles. The van der Waals surface area contributed by atoms with Gasteiger partial charge in [-0.15, -0.1) is 0 Å². The van der Waals surface area contributed by atoms with Crippen molar-refractivity contribution in [2.75, 3.05) is 19.7 Å². The van der Waals surface area contributed by atoms with E-state index in [2.05, 4.69) is 9.97 Å². The summed E-state index contributed by atoms with van der Waals surface area (Å²) < 4.78 is 5.81. The van der Waals surface area contributed by atoms with E-state index < -0.39 is 5.54 Å². The lowest BCUT2D eigenvalue weighted by Crippen LogP contribution is -2.30. The maximum atomic E-state index is 11.6. The molecule has 128 valence electrons. The van der Waals surface area contributed by atoms with Crippen LogP contribution in [0.25, 0.3) is 10.8 Å². The zero-order valence-electron chi connectivity index (χ0n) is 13.9. The number of halogens is 1. The molecule has 2 N–H and O–H groups in total. The van der Waals surface area contributed by atoms with Gasteiger partial charge in [0.25, 0.3) is 0 Å². The number of fused-ring (bicyclic) bond motifs is 1. The zero-order valence-corrected chi connectivity index (χ0v) is 14.6. The molecule has 0 bridgehead atoms. The van der Waals surface area contributed by atoms with Gasteiger partial charge in [-0.25, -0.2) is 9.97 Å². The Labute approximate surface area is 146 Å². The Morgan fingerprint density at radius 3 is 2.79 bits per heavy atom. The van der Waals surface area contributed by atoms with Crippen LogP contribution in [-0.2, 0) is 10.3 Å². The maximum absolute atomic E-state index is 11.6. The summed E-state index contributed by atoms with van der Waals surface area (Å²) in [4.78, 5) is 22.0. The number of nitrogens with zero attached hydrogens (tertiary/aromatic N) is 3. The molecule has 3 rings (SSSR count). The molecule has 0 atom stereocenters. The van der Waals surface area contributed by atoms with Gasteiger partial charge in [0.15, 0.2) is 0 Å². The summed E-state index contributed by atoms with van der Waals surface area (Å²) in [6, 6.07) is 1.78. The average molecular weight is 349 g/mol. The van der Waals surface area contributed by atoms with Crippen molar-refractivity contribution in [1.82, 2.24) is 14.9 Å². The Morgan fingerprint density at radius 2 is 2.12 bits per heavy atom. The Bertz CT molecular complexity index is 773. The van der Waals surface area contributed by atoms with Gasteiger partial charge < -0.3 is 15.4 Å². The van der Waals surface area contributed by atoms with Gasteiger partial charge in [0, 0.05) is 30.9 Å². The lowest BCUT2D eigenvalue weighted by atomic mass is 9.93. The average Bonchev–Trinajstić information content (AvgIpc) is 2.91. The van der Waals surface area contributed by atoms with Gasteiger partial charge >= 0.3 is 0 Å². The van der Waals surface area contributed by atoms with Crippen LogP contribution in [-0.4, -0.2) is 40.5 Å². The fraction of sp³-hybridized carbons (Fsp3) is 0.471. The maximum Gasteiger partial charge on any atom is 0.222 e. The number of hydrogen-bond acceptors (Lipinski definition) is 5. The smallest absolute Gasteiger partial charge is 0.222 e. The SMILES string of the molecule is CC(C)(N)c1cnc(OCCN2CCCC2=O)c2cnc(Cl)cc12. The van der Waals surface area contributed by atoms with Crippen molar-refractivity contribution in [3.63, 3.8) is 0 Å². The van der Waals surface area contributed by atoms with Crippen LogP contribution in [0.5, 0.6) is 5.88 Å². The molecule has 1 saturated heterocycles. The van der Waals surface area contributed by atoms with E-state index in [4.69, 9.17) is 22.1 Å². The van der Waals surface area contributed by atoms with E-state index in [9.17, 15) is 4.79 Å². The van der Waals surface area contributed by atoms with Crippen LogP contribution >= 0.6 is 11.6 Å². The second-order valence-electron chi connectivity index (χ2n) is 6.58. The molecule has 0 aliphatic carbocycles. The highest BCUT2D eigenvalue weighted by atomic mass is 35.5. The minimum Gasteiger partial charge on any atom is -0.475 e. The molecule has 0 spiro atoms. The molecule has 0 saturated carbocycles. The first kappa shape index (κ1) is 16.9. The highest BCUT2D eigenvalue weighted by Gasteiger charge is 2.22. The van der Waals surface area contributed by atoms with Gasteiger partial charge in [-0.05, 0) is 37.3 Å². The molecule has 1 amide bonds. The third-order valence-corrected chi connectivity index (χ3v) is 4.37. The van der Waals surface area contributed by atoms with Gasteiger partial charge in [0.2, 0.25) is 11.8 Å². The molecule has 6 nitrogen and oxygen atoms in total. The summed E-state index contributed by atoms with van der Waals surface area (Å²) in [7, 11) is 0. The van der Waals surface area contributed by atoms with Gasteiger partial charge in [-0.2, -0.15) is 0 Å². The van der Waals surface area contributed by atoms with Crippen LogP contribution in [0.15, 0.2) is 18.5 Å². The Hall–Kier alpha value is -1.92. The second-order valence-corrected chi connectivity index (χ2v) is 6.97. The van der Waals surface area contributed by atoms with Crippen molar-refractivity contribution < 1.29 is 9.53 Å². The monoisotopic (exact) mass is 348 g/mol. The number of aromatic nitrogens is 2. The third kappa shape index (κ3) is 3.44. The molecule has 0 unspecified atom stereocenters. The largest absolute Gasteiger partial charge is 0.475 e. The molecule has 7 heteroatoms. The van der Waals surface area contributed by atoms with Crippen molar-refractivity contribution in [1.29, 1.82) is 0 Å². The number of pyridine rings is 2. The predicted octanol–water partition coefficient (Wildman–Crippen LogP) is 2.48. The Kier molecular flexibility index (Phi) is 4.60. The highest BCUT2D eigenvalue weighted by molar-refractivity contribution is 6.30. The Morgan fingerprint density at radius 1 is 1.33 bits per heavy atom. The summed E-state index contributed by atoms with van der Waals surface area (Å²) in [6.45, 7) is 5.58. The minimum absolute atomic E-state index is 0.185. The molecular formula is C17H21ClN4O2. The van der Waals surface area contributed by atoms with E-state index in [-0.39, 0.29) is 5.91 Å². The van der Waals surface area contributed by atoms with E-state index in [1.807, 2.05) is 18.7 Å². The molecule has 1 aliphatic rings. The number of carbonyl (C=O) groups excluding carboxylic acids is 1. The van der Waals surface area contributed by atoms with Crippen LogP contribution < -0.4 is 10.5 Å². The van der Waals surface area contributed by atoms with Crippen LogP contribution in [0.1, 0.15) is 32.3 Å². The third-order valence-electron chi connectivity index (χ3n) is 4.17. The van der Waals surface area contributed by atoms with Crippen molar-refractivity contribution in [2.24, 2.45) is 5.73 Å². The predicted molar refractivity (Wildman–Crippen MR) is 93.1 cm³/mol. The van der Waals surface area contributed by atoms with Crippen molar-refractivity contribution in [3.05, 3.63) is 29.2 Å². The van der Waals surface area contributed by atoms with E-state index in [0.717, 1.165) is 29.3 Å². The molecule has 0 radical (unpaired) electrons. The summed E-state index contributed by atoms with van der Waals surface area (Å²) in [5, 5.41) is 2.04. The molecule has 24 heavy (non-hydrogen) atoms. The molecule has 1 fully saturated rings. The summed E-state index contributed by atoms with van der Waals surface area (Å²) in [5.74, 6) is 0.666. The van der Waals surface area contributed by atoms with Gasteiger partial charge in [0.05, 0.1) is 11.9 Å². The van der Waals surface area contributed by atoms with Gasteiger partial charge in [-0.3, -0.25) is 4.79 Å². The lowest BCUT2D eigenvalue weighted by Gasteiger charge is -2.22. The van der Waals surface area contributed by atoms with Crippen LogP contribution in [0.2, 0.25) is 5.15 Å². The van der Waals surface area contributed by atoms with E-state index >= 15 is 0 Å². The van der Waals surface area contributed by atoms with Crippen LogP contribution in [0, 0.1) is 0 Å². The fourth-order valence-corrected chi connectivity index (χ4v) is 3.06. The number of ether oxygens (including phenoxy) is 1. The van der Waals surface area contributed by atoms with E-state index in [0.29, 0.717) is 30.6 Å². The summed E-state index contributed by atoms with van der Waals surface area (Å²) in [5.41, 5.74) is 6.55. The normalized spacial score (nSPS) is 15.3. The molecular weight excluding hydrogens is 328 g/mol. The molecule has 0 aromatic carbocycles. The highest BCUT2D eigenvalue weighted by Crippen LogP contribution is 2.32.